The normalized spacial score (nSPS) is 17.7. The van der Waals surface area contributed by atoms with Gasteiger partial charge in [0, 0.05) is 6.54 Å². The van der Waals surface area contributed by atoms with Crippen LogP contribution in [0.15, 0.2) is 0 Å². The number of urea groups is 1. The monoisotopic (exact) mass is 270 g/mol. The summed E-state index contributed by atoms with van der Waals surface area (Å²) in [4.78, 5) is 23.2. The summed E-state index contributed by atoms with van der Waals surface area (Å²) in [6.07, 6.45) is 8.22. The second-order valence-corrected chi connectivity index (χ2v) is 5.39. The van der Waals surface area contributed by atoms with Crippen molar-refractivity contribution in [3.8, 4) is 0 Å². The molecule has 1 fully saturated rings. The maximum absolute atomic E-state index is 11.8. The largest absolute Gasteiger partial charge is 0.480 e. The third kappa shape index (κ3) is 5.09. The predicted octanol–water partition coefficient (Wildman–Crippen LogP) is 2.65. The molecule has 0 heterocycles. The van der Waals surface area contributed by atoms with Gasteiger partial charge in [0.25, 0.3) is 0 Å². The first kappa shape index (κ1) is 15.8. The summed E-state index contributed by atoms with van der Waals surface area (Å²) in [5, 5.41) is 14.8. The molecule has 0 saturated heterocycles. The fraction of sp³-hybridized carbons (Fsp3) is 0.857. The van der Waals surface area contributed by atoms with E-state index in [1.807, 2.05) is 0 Å². The van der Waals surface area contributed by atoms with Crippen molar-refractivity contribution in [2.75, 3.05) is 6.54 Å². The smallest absolute Gasteiger partial charge is 0.329 e. The molecule has 0 atom stereocenters. The van der Waals surface area contributed by atoms with Gasteiger partial charge in [0.05, 0.1) is 0 Å². The molecule has 0 aromatic carbocycles. The highest BCUT2D eigenvalue weighted by molar-refractivity contribution is 5.86. The van der Waals surface area contributed by atoms with E-state index in [1.54, 1.807) is 0 Å². The Morgan fingerprint density at radius 1 is 1.11 bits per heavy atom. The van der Waals surface area contributed by atoms with Crippen LogP contribution in [-0.4, -0.2) is 29.2 Å². The number of carbonyl (C=O) groups excluding carboxylic acids is 1. The fourth-order valence-corrected chi connectivity index (χ4v) is 2.56. The van der Waals surface area contributed by atoms with Crippen LogP contribution in [0.5, 0.6) is 0 Å². The number of carboxylic acids is 1. The first-order valence-corrected chi connectivity index (χ1v) is 7.40. The molecule has 0 radical (unpaired) electrons. The van der Waals surface area contributed by atoms with Crippen LogP contribution in [0.1, 0.15) is 64.7 Å². The second kappa shape index (κ2) is 8.02. The highest BCUT2D eigenvalue weighted by atomic mass is 16.4. The quantitative estimate of drug-likeness (QED) is 0.622. The van der Waals surface area contributed by atoms with Crippen LogP contribution in [0.4, 0.5) is 4.79 Å². The van der Waals surface area contributed by atoms with Crippen LogP contribution in [0.2, 0.25) is 0 Å². The van der Waals surface area contributed by atoms with Gasteiger partial charge in [-0.05, 0) is 19.3 Å². The summed E-state index contributed by atoms with van der Waals surface area (Å²) in [5.41, 5.74) is -1.05. The molecular formula is C14H26N2O3. The van der Waals surface area contributed by atoms with E-state index < -0.39 is 11.5 Å². The molecular weight excluding hydrogens is 244 g/mol. The maximum Gasteiger partial charge on any atom is 0.329 e. The molecule has 1 rings (SSSR count). The molecule has 1 aliphatic carbocycles. The van der Waals surface area contributed by atoms with Gasteiger partial charge in [-0.15, -0.1) is 0 Å². The van der Waals surface area contributed by atoms with Crippen molar-refractivity contribution in [3.05, 3.63) is 0 Å². The Morgan fingerprint density at radius 3 is 2.37 bits per heavy atom. The minimum Gasteiger partial charge on any atom is -0.480 e. The minimum absolute atomic E-state index is 0.346. The fourth-order valence-electron chi connectivity index (χ4n) is 2.56. The number of hydrogen-bond acceptors (Lipinski definition) is 2. The lowest BCUT2D eigenvalue weighted by Gasteiger charge is -2.33. The van der Waals surface area contributed by atoms with E-state index in [1.165, 1.54) is 6.42 Å². The topological polar surface area (TPSA) is 78.4 Å². The zero-order valence-electron chi connectivity index (χ0n) is 11.8. The summed E-state index contributed by atoms with van der Waals surface area (Å²) in [6, 6.07) is -0.346. The van der Waals surface area contributed by atoms with Crippen LogP contribution in [0.25, 0.3) is 0 Å². The van der Waals surface area contributed by atoms with Gasteiger partial charge in [0.1, 0.15) is 5.54 Å². The first-order valence-electron chi connectivity index (χ1n) is 7.40. The minimum atomic E-state index is -1.05. The molecule has 110 valence electrons. The van der Waals surface area contributed by atoms with Gasteiger partial charge in [-0.2, -0.15) is 0 Å². The van der Waals surface area contributed by atoms with Crippen molar-refractivity contribution in [3.63, 3.8) is 0 Å². The lowest BCUT2D eigenvalue weighted by Crippen LogP contribution is -2.58. The number of carbonyl (C=O) groups is 2. The van der Waals surface area contributed by atoms with Gasteiger partial charge in [-0.3, -0.25) is 0 Å². The Kier molecular flexibility index (Phi) is 6.67. The number of hydrogen-bond donors (Lipinski definition) is 3. The molecule has 1 aliphatic rings. The first-order chi connectivity index (χ1) is 9.10. The summed E-state index contributed by atoms with van der Waals surface area (Å²) < 4.78 is 0. The molecule has 19 heavy (non-hydrogen) atoms. The molecule has 0 spiro atoms. The highest BCUT2D eigenvalue weighted by Gasteiger charge is 2.40. The summed E-state index contributed by atoms with van der Waals surface area (Å²) in [5.74, 6) is -0.909. The zero-order valence-corrected chi connectivity index (χ0v) is 11.8. The summed E-state index contributed by atoms with van der Waals surface area (Å²) in [7, 11) is 0. The molecule has 0 aromatic heterocycles. The van der Waals surface area contributed by atoms with E-state index in [0.717, 1.165) is 38.5 Å². The molecule has 2 amide bonds. The van der Waals surface area contributed by atoms with Gasteiger partial charge in [-0.25, -0.2) is 9.59 Å². The molecule has 0 bridgehead atoms. The third-order valence-corrected chi connectivity index (χ3v) is 3.79. The van der Waals surface area contributed by atoms with Gasteiger partial charge in [0.15, 0.2) is 0 Å². The summed E-state index contributed by atoms with van der Waals surface area (Å²) >= 11 is 0. The molecule has 1 saturated carbocycles. The maximum atomic E-state index is 11.8. The van der Waals surface area contributed by atoms with Crippen molar-refractivity contribution in [2.24, 2.45) is 0 Å². The molecule has 0 aliphatic heterocycles. The average Bonchev–Trinajstić information content (AvgIpc) is 2.39. The molecule has 0 unspecified atom stereocenters. The number of aliphatic carboxylic acids is 1. The third-order valence-electron chi connectivity index (χ3n) is 3.79. The van der Waals surface area contributed by atoms with E-state index in [-0.39, 0.29) is 6.03 Å². The van der Waals surface area contributed by atoms with Crippen LogP contribution < -0.4 is 10.6 Å². The SMILES string of the molecule is CCCCCCNC(=O)NC1(C(=O)O)CCCCC1. The van der Waals surface area contributed by atoms with Crippen LogP contribution in [0.3, 0.4) is 0 Å². The Balaban J connectivity index is 2.33. The summed E-state index contributed by atoms with van der Waals surface area (Å²) in [6.45, 7) is 2.75. The van der Waals surface area contributed by atoms with E-state index in [0.29, 0.717) is 19.4 Å². The highest BCUT2D eigenvalue weighted by Crippen LogP contribution is 2.28. The van der Waals surface area contributed by atoms with Crippen molar-refractivity contribution >= 4 is 12.0 Å². The number of carboxylic acid groups (broad SMARTS) is 1. The predicted molar refractivity (Wildman–Crippen MR) is 74.1 cm³/mol. The van der Waals surface area contributed by atoms with Gasteiger partial charge in [-0.1, -0.05) is 45.4 Å². The Hall–Kier alpha value is -1.26. The van der Waals surface area contributed by atoms with Gasteiger partial charge < -0.3 is 15.7 Å². The Morgan fingerprint density at radius 2 is 1.79 bits per heavy atom. The average molecular weight is 270 g/mol. The van der Waals surface area contributed by atoms with E-state index >= 15 is 0 Å². The molecule has 3 N–H and O–H groups in total. The number of amides is 2. The zero-order chi connectivity index (χ0) is 14.1. The number of unbranched alkanes of at least 4 members (excludes halogenated alkanes) is 3. The molecule has 0 aromatic rings. The lowest BCUT2D eigenvalue weighted by atomic mass is 9.82. The van der Waals surface area contributed by atoms with Gasteiger partial charge >= 0.3 is 12.0 Å². The number of nitrogens with one attached hydrogen (secondary N) is 2. The van der Waals surface area contributed by atoms with Gasteiger partial charge in [0.2, 0.25) is 0 Å². The molecule has 5 heteroatoms. The Labute approximate surface area is 115 Å². The van der Waals surface area contributed by atoms with E-state index in [2.05, 4.69) is 17.6 Å². The van der Waals surface area contributed by atoms with Crippen LogP contribution in [-0.2, 0) is 4.79 Å². The standard InChI is InChI=1S/C14H26N2O3/c1-2-3-4-8-11-15-13(19)16-14(12(17)18)9-6-5-7-10-14/h2-11H2,1H3,(H,17,18)(H2,15,16,19). The second-order valence-electron chi connectivity index (χ2n) is 5.39. The lowest BCUT2D eigenvalue weighted by molar-refractivity contribution is -0.145. The van der Waals surface area contributed by atoms with Crippen LogP contribution in [0, 0.1) is 0 Å². The van der Waals surface area contributed by atoms with Crippen molar-refractivity contribution < 1.29 is 14.7 Å². The molecule has 5 nitrogen and oxygen atoms in total. The van der Waals surface area contributed by atoms with Crippen LogP contribution >= 0.6 is 0 Å². The van der Waals surface area contributed by atoms with E-state index in [9.17, 15) is 14.7 Å². The Bertz CT molecular complexity index is 299. The van der Waals surface area contributed by atoms with Crippen molar-refractivity contribution in [2.45, 2.75) is 70.3 Å². The van der Waals surface area contributed by atoms with E-state index in [4.69, 9.17) is 0 Å². The van der Waals surface area contributed by atoms with Crippen molar-refractivity contribution in [1.82, 2.24) is 10.6 Å². The number of rotatable bonds is 7. The van der Waals surface area contributed by atoms with Crippen molar-refractivity contribution in [1.29, 1.82) is 0 Å².